The zero-order chi connectivity index (χ0) is 20.3. The number of benzene rings is 2. The fourth-order valence-corrected chi connectivity index (χ4v) is 3.15. The van der Waals surface area contributed by atoms with Gasteiger partial charge in [0.15, 0.2) is 0 Å². The van der Waals surface area contributed by atoms with Gasteiger partial charge in [-0.1, -0.05) is 23.8 Å². The Morgan fingerprint density at radius 1 is 1.14 bits per heavy atom. The van der Waals surface area contributed by atoms with Crippen LogP contribution < -0.4 is 15.4 Å². The lowest BCUT2D eigenvalue weighted by Crippen LogP contribution is -2.47. The van der Waals surface area contributed by atoms with Crippen LogP contribution in [0.15, 0.2) is 53.7 Å². The van der Waals surface area contributed by atoms with Crippen LogP contribution in [0.2, 0.25) is 0 Å². The second-order valence-corrected chi connectivity index (χ2v) is 6.52. The van der Waals surface area contributed by atoms with Crippen molar-refractivity contribution in [3.8, 4) is 5.75 Å². The molecule has 2 amide bonds. The van der Waals surface area contributed by atoms with Gasteiger partial charge in [-0.2, -0.15) is 0 Å². The monoisotopic (exact) mass is 384 g/mol. The van der Waals surface area contributed by atoms with Gasteiger partial charge < -0.3 is 20.1 Å². The Bertz CT molecular complexity index is 938. The van der Waals surface area contributed by atoms with Crippen LogP contribution in [0.5, 0.6) is 5.75 Å². The largest absolute Gasteiger partial charge is 0.487 e. The summed E-state index contributed by atoms with van der Waals surface area (Å²) in [5.74, 6) is -0.545. The summed E-state index contributed by atoms with van der Waals surface area (Å²) < 4.78 is 23.6. The topological polar surface area (TPSA) is 76.7 Å². The number of carbonyl (C=O) groups excluding carboxylic acids is 2. The highest BCUT2D eigenvalue weighted by atomic mass is 19.1. The number of amides is 2. The minimum absolute atomic E-state index is 0.0785. The Labute approximate surface area is 162 Å². The smallest absolute Gasteiger partial charge is 0.338 e. The molecule has 7 heteroatoms. The summed E-state index contributed by atoms with van der Waals surface area (Å²) in [7, 11) is 1.28. The Kier molecular flexibility index (Phi) is 5.63. The predicted molar refractivity (Wildman–Crippen MR) is 101 cm³/mol. The van der Waals surface area contributed by atoms with Crippen LogP contribution in [0, 0.1) is 19.7 Å². The molecule has 6 nitrogen and oxygen atoms in total. The summed E-state index contributed by atoms with van der Waals surface area (Å²) in [5.41, 5.74) is 3.36. The molecule has 0 radical (unpaired) electrons. The molecule has 0 bridgehead atoms. The molecular weight excluding hydrogens is 363 g/mol. The molecule has 0 fully saturated rings. The highest BCUT2D eigenvalue weighted by Crippen LogP contribution is 2.30. The fourth-order valence-electron chi connectivity index (χ4n) is 3.15. The molecule has 1 aliphatic heterocycles. The van der Waals surface area contributed by atoms with Crippen LogP contribution in [0.1, 0.15) is 22.7 Å². The third-order valence-corrected chi connectivity index (χ3v) is 4.49. The number of hydrogen-bond donors (Lipinski definition) is 2. The normalized spacial score (nSPS) is 16.3. The lowest BCUT2D eigenvalue weighted by atomic mass is 9.91. The van der Waals surface area contributed by atoms with E-state index < -0.39 is 18.0 Å². The van der Waals surface area contributed by atoms with E-state index in [9.17, 15) is 14.0 Å². The van der Waals surface area contributed by atoms with Gasteiger partial charge in [0.05, 0.1) is 24.4 Å². The van der Waals surface area contributed by atoms with Gasteiger partial charge in [0.25, 0.3) is 0 Å². The number of aryl methyl sites for hydroxylation is 2. The summed E-state index contributed by atoms with van der Waals surface area (Å²) in [5, 5.41) is 5.40. The molecular formula is C21H21FN2O4. The van der Waals surface area contributed by atoms with Crippen LogP contribution in [0.3, 0.4) is 0 Å². The SMILES string of the molecule is COC(=O)C1=C(COc2ccc(F)cc2)NC(=O)N[C@@H]1c1ccc(C)cc1C. The lowest BCUT2D eigenvalue weighted by Gasteiger charge is -2.30. The summed E-state index contributed by atoms with van der Waals surface area (Å²) in [4.78, 5) is 24.8. The Hall–Kier alpha value is -3.35. The Morgan fingerprint density at radius 3 is 2.50 bits per heavy atom. The lowest BCUT2D eigenvalue weighted by molar-refractivity contribution is -0.136. The summed E-state index contributed by atoms with van der Waals surface area (Å²) >= 11 is 0. The van der Waals surface area contributed by atoms with Gasteiger partial charge >= 0.3 is 12.0 Å². The van der Waals surface area contributed by atoms with Crippen molar-refractivity contribution in [3.05, 3.63) is 76.2 Å². The van der Waals surface area contributed by atoms with Crippen molar-refractivity contribution in [2.75, 3.05) is 13.7 Å². The molecule has 0 spiro atoms. The minimum Gasteiger partial charge on any atom is -0.487 e. The zero-order valence-electron chi connectivity index (χ0n) is 15.8. The van der Waals surface area contributed by atoms with Crippen LogP contribution >= 0.6 is 0 Å². The molecule has 0 aromatic heterocycles. The summed E-state index contributed by atoms with van der Waals surface area (Å²) in [6.07, 6.45) is 0. The van der Waals surface area contributed by atoms with E-state index in [1.54, 1.807) is 0 Å². The van der Waals surface area contributed by atoms with Crippen molar-refractivity contribution in [3.63, 3.8) is 0 Å². The first kappa shape index (κ1) is 19.4. The second-order valence-electron chi connectivity index (χ2n) is 6.52. The molecule has 1 aliphatic rings. The minimum atomic E-state index is -0.673. The maximum absolute atomic E-state index is 13.1. The molecule has 0 saturated carbocycles. The van der Waals surface area contributed by atoms with E-state index in [1.807, 2.05) is 32.0 Å². The standard InChI is InChI=1S/C21H21FN2O4/c1-12-4-9-16(13(2)10-12)19-18(20(25)27-3)17(23-21(26)24-19)11-28-15-7-5-14(22)6-8-15/h4-10,19H,11H2,1-3H3,(H2,23,24,26)/t19-/m1/s1. The second kappa shape index (κ2) is 8.12. The van der Waals surface area contributed by atoms with E-state index in [1.165, 1.54) is 31.4 Å². The van der Waals surface area contributed by atoms with Crippen molar-refractivity contribution in [1.29, 1.82) is 0 Å². The number of ether oxygens (including phenoxy) is 2. The average molecular weight is 384 g/mol. The maximum Gasteiger partial charge on any atom is 0.338 e. The maximum atomic E-state index is 13.1. The van der Waals surface area contributed by atoms with Crippen molar-refractivity contribution >= 4 is 12.0 Å². The van der Waals surface area contributed by atoms with Crippen LogP contribution in [-0.2, 0) is 9.53 Å². The molecule has 0 saturated heterocycles. The van der Waals surface area contributed by atoms with E-state index in [2.05, 4.69) is 10.6 Å². The molecule has 1 atom stereocenters. The van der Waals surface area contributed by atoms with Gasteiger partial charge in [0.1, 0.15) is 18.2 Å². The number of halogens is 1. The van der Waals surface area contributed by atoms with Gasteiger partial charge in [-0.25, -0.2) is 14.0 Å². The number of methoxy groups -OCH3 is 1. The number of carbonyl (C=O) groups is 2. The fraction of sp³-hybridized carbons (Fsp3) is 0.238. The Morgan fingerprint density at radius 2 is 1.86 bits per heavy atom. The predicted octanol–water partition coefficient (Wildman–Crippen LogP) is 3.30. The molecule has 28 heavy (non-hydrogen) atoms. The van der Waals surface area contributed by atoms with Crippen molar-refractivity contribution in [2.24, 2.45) is 0 Å². The summed E-state index contributed by atoms with van der Waals surface area (Å²) in [6, 6.07) is 10.1. The molecule has 146 valence electrons. The number of esters is 1. The quantitative estimate of drug-likeness (QED) is 0.776. The molecule has 0 aliphatic carbocycles. The van der Waals surface area contributed by atoms with E-state index in [4.69, 9.17) is 9.47 Å². The first-order valence-corrected chi connectivity index (χ1v) is 8.73. The van der Waals surface area contributed by atoms with Crippen molar-refractivity contribution in [1.82, 2.24) is 10.6 Å². The third-order valence-electron chi connectivity index (χ3n) is 4.49. The first-order valence-electron chi connectivity index (χ1n) is 8.73. The highest BCUT2D eigenvalue weighted by molar-refractivity contribution is 5.95. The molecule has 0 unspecified atom stereocenters. The molecule has 3 rings (SSSR count). The number of nitrogens with one attached hydrogen (secondary N) is 2. The van der Waals surface area contributed by atoms with Gasteiger partial charge in [-0.3, -0.25) is 0 Å². The first-order chi connectivity index (χ1) is 13.4. The highest BCUT2D eigenvalue weighted by Gasteiger charge is 2.34. The van der Waals surface area contributed by atoms with Gasteiger partial charge in [-0.15, -0.1) is 0 Å². The molecule has 2 aromatic rings. The van der Waals surface area contributed by atoms with Crippen LogP contribution in [-0.4, -0.2) is 25.7 Å². The molecule has 2 aromatic carbocycles. The number of hydrogen-bond acceptors (Lipinski definition) is 4. The Balaban J connectivity index is 1.98. The third kappa shape index (κ3) is 4.14. The van der Waals surface area contributed by atoms with Gasteiger partial charge in [-0.05, 0) is 49.2 Å². The van der Waals surface area contributed by atoms with E-state index in [-0.39, 0.29) is 18.0 Å². The summed E-state index contributed by atoms with van der Waals surface area (Å²) in [6.45, 7) is 3.81. The van der Waals surface area contributed by atoms with E-state index >= 15 is 0 Å². The van der Waals surface area contributed by atoms with Crippen molar-refractivity contribution < 1.29 is 23.5 Å². The number of rotatable bonds is 5. The van der Waals surface area contributed by atoms with Crippen LogP contribution in [0.4, 0.5) is 9.18 Å². The van der Waals surface area contributed by atoms with E-state index in [0.717, 1.165) is 16.7 Å². The van der Waals surface area contributed by atoms with E-state index in [0.29, 0.717) is 11.4 Å². The number of urea groups is 1. The van der Waals surface area contributed by atoms with Crippen LogP contribution in [0.25, 0.3) is 0 Å². The van der Waals surface area contributed by atoms with Crippen molar-refractivity contribution in [2.45, 2.75) is 19.9 Å². The average Bonchev–Trinajstić information content (AvgIpc) is 2.66. The molecule has 2 N–H and O–H groups in total. The zero-order valence-corrected chi connectivity index (χ0v) is 15.8. The van der Waals surface area contributed by atoms with Gasteiger partial charge in [0, 0.05) is 0 Å². The van der Waals surface area contributed by atoms with Gasteiger partial charge in [0.2, 0.25) is 0 Å². The molecule has 1 heterocycles.